The fourth-order valence-electron chi connectivity index (χ4n) is 4.69. The first-order valence-corrected chi connectivity index (χ1v) is 10.3. The molecule has 1 aromatic carbocycles. The van der Waals surface area contributed by atoms with Gasteiger partial charge in [-0.25, -0.2) is 0 Å². The predicted molar refractivity (Wildman–Crippen MR) is 103 cm³/mol. The maximum absolute atomic E-state index is 12.9. The van der Waals surface area contributed by atoms with E-state index in [2.05, 4.69) is 25.6 Å². The molecule has 4 fully saturated rings. The van der Waals surface area contributed by atoms with Crippen molar-refractivity contribution in [3.63, 3.8) is 0 Å². The van der Waals surface area contributed by atoms with Crippen LogP contribution in [-0.2, 0) is 0 Å². The number of fused-ring (bicyclic) bond motifs is 4. The van der Waals surface area contributed by atoms with E-state index in [4.69, 9.17) is 0 Å². The van der Waals surface area contributed by atoms with Crippen LogP contribution in [0.15, 0.2) is 18.2 Å². The first-order chi connectivity index (χ1) is 12.7. The van der Waals surface area contributed by atoms with Crippen molar-refractivity contribution in [2.45, 2.75) is 31.4 Å². The van der Waals surface area contributed by atoms with E-state index in [0.717, 1.165) is 35.3 Å². The molecule has 1 unspecified atom stereocenters. The fourth-order valence-corrected chi connectivity index (χ4v) is 5.60. The van der Waals surface area contributed by atoms with Crippen LogP contribution in [-0.4, -0.2) is 65.2 Å². The number of piperidine rings is 3. The summed E-state index contributed by atoms with van der Waals surface area (Å²) in [5, 5.41) is 14.0. The number of nitrogens with one attached hydrogen (secondary N) is 1. The number of aliphatic hydroxyl groups is 1. The third-order valence-electron chi connectivity index (χ3n) is 6.17. The summed E-state index contributed by atoms with van der Waals surface area (Å²) in [5.74, 6) is 0.559. The van der Waals surface area contributed by atoms with Gasteiger partial charge in [0.05, 0.1) is 16.5 Å². The number of anilines is 1. The van der Waals surface area contributed by atoms with Crippen LogP contribution >= 0.6 is 11.5 Å². The molecule has 0 radical (unpaired) electrons. The van der Waals surface area contributed by atoms with E-state index in [9.17, 15) is 9.90 Å². The van der Waals surface area contributed by atoms with Gasteiger partial charge in [-0.1, -0.05) is 12.1 Å². The van der Waals surface area contributed by atoms with Crippen LogP contribution in [0.1, 0.15) is 29.8 Å². The van der Waals surface area contributed by atoms with Crippen molar-refractivity contribution in [2.24, 2.45) is 5.92 Å². The Labute approximate surface area is 157 Å². The highest BCUT2D eigenvalue weighted by Crippen LogP contribution is 2.34. The van der Waals surface area contributed by atoms with Gasteiger partial charge in [-0.3, -0.25) is 4.79 Å². The van der Waals surface area contributed by atoms with Crippen molar-refractivity contribution in [3.8, 4) is 0 Å². The molecule has 1 amide bonds. The summed E-state index contributed by atoms with van der Waals surface area (Å²) in [7, 11) is 0. The average molecular weight is 372 g/mol. The predicted octanol–water partition coefficient (Wildman–Crippen LogP) is 1.69. The SMILES string of the molecule is O=C(NC1CN2CCC1CC2)c1nsc2c(N3CC[C@H](O)C3)cccc12. The van der Waals surface area contributed by atoms with Crippen LogP contribution in [0.3, 0.4) is 0 Å². The second-order valence-corrected chi connectivity index (χ2v) is 8.56. The smallest absolute Gasteiger partial charge is 0.271 e. The van der Waals surface area contributed by atoms with Crippen molar-refractivity contribution < 1.29 is 9.90 Å². The zero-order chi connectivity index (χ0) is 17.7. The van der Waals surface area contributed by atoms with Crippen LogP contribution in [0.25, 0.3) is 10.1 Å². The summed E-state index contributed by atoms with van der Waals surface area (Å²) in [6, 6.07) is 6.29. The van der Waals surface area contributed by atoms with E-state index in [1.807, 2.05) is 12.1 Å². The lowest BCUT2D eigenvalue weighted by Crippen LogP contribution is -2.57. The number of β-amino-alcohol motifs (C(OH)–C–C–N with tert-alkyl or cyclic N) is 1. The highest BCUT2D eigenvalue weighted by Gasteiger charge is 2.35. The fraction of sp³-hybridized carbons (Fsp3) is 0.579. The van der Waals surface area contributed by atoms with Gasteiger partial charge in [0, 0.05) is 31.1 Å². The lowest BCUT2D eigenvalue weighted by molar-refractivity contribution is 0.0619. The molecule has 6 rings (SSSR count). The molecule has 4 saturated heterocycles. The molecule has 26 heavy (non-hydrogen) atoms. The summed E-state index contributed by atoms with van der Waals surface area (Å²) in [5.41, 5.74) is 1.63. The highest BCUT2D eigenvalue weighted by molar-refractivity contribution is 7.14. The Morgan fingerprint density at radius 2 is 2.04 bits per heavy atom. The van der Waals surface area contributed by atoms with Crippen LogP contribution in [0, 0.1) is 5.92 Å². The molecule has 0 spiro atoms. The van der Waals surface area contributed by atoms with E-state index >= 15 is 0 Å². The molecule has 2 bridgehead atoms. The number of hydrogen-bond donors (Lipinski definition) is 2. The summed E-state index contributed by atoms with van der Waals surface area (Å²) >= 11 is 1.39. The summed E-state index contributed by atoms with van der Waals surface area (Å²) < 4.78 is 5.54. The summed E-state index contributed by atoms with van der Waals surface area (Å²) in [6.07, 6.45) is 2.90. The van der Waals surface area contributed by atoms with E-state index in [-0.39, 0.29) is 18.1 Å². The molecular weight excluding hydrogens is 348 g/mol. The minimum Gasteiger partial charge on any atom is -0.391 e. The van der Waals surface area contributed by atoms with Gasteiger partial charge < -0.3 is 20.2 Å². The Hall–Kier alpha value is -1.70. The number of benzene rings is 1. The Kier molecular flexibility index (Phi) is 4.10. The van der Waals surface area contributed by atoms with Crippen LogP contribution in [0.2, 0.25) is 0 Å². The molecule has 138 valence electrons. The van der Waals surface area contributed by atoms with E-state index in [1.54, 1.807) is 0 Å². The third-order valence-corrected chi connectivity index (χ3v) is 7.05. The number of rotatable bonds is 3. The number of carbonyl (C=O) groups excluding carboxylic acids is 1. The van der Waals surface area contributed by atoms with Crippen molar-refractivity contribution >= 4 is 33.2 Å². The normalized spacial score (nSPS) is 30.9. The van der Waals surface area contributed by atoms with Crippen molar-refractivity contribution in [1.82, 2.24) is 14.6 Å². The molecule has 4 aliphatic heterocycles. The molecule has 2 aromatic rings. The standard InChI is InChI=1S/C19H24N4O2S/c24-13-6-9-23(10-13)16-3-1-2-14-17(21-26-18(14)16)19(25)20-15-11-22-7-4-12(15)5-8-22/h1-3,12-13,15,24H,4-11H2,(H,20,25)/t13-,15?/m0/s1. The number of nitrogens with zero attached hydrogens (tertiary/aromatic N) is 3. The summed E-state index contributed by atoms with van der Waals surface area (Å²) in [4.78, 5) is 17.5. The van der Waals surface area contributed by atoms with Gasteiger partial charge in [-0.15, -0.1) is 0 Å². The largest absolute Gasteiger partial charge is 0.391 e. The zero-order valence-electron chi connectivity index (χ0n) is 14.7. The van der Waals surface area contributed by atoms with Crippen LogP contribution in [0.4, 0.5) is 5.69 Å². The molecule has 1 aromatic heterocycles. The molecule has 2 N–H and O–H groups in total. The van der Waals surface area contributed by atoms with E-state index in [0.29, 0.717) is 18.2 Å². The Bertz CT molecular complexity index is 830. The number of hydrogen-bond acceptors (Lipinski definition) is 6. The Morgan fingerprint density at radius 3 is 2.73 bits per heavy atom. The molecule has 0 saturated carbocycles. The van der Waals surface area contributed by atoms with Gasteiger partial charge in [-0.05, 0) is 55.9 Å². The van der Waals surface area contributed by atoms with Crippen LogP contribution < -0.4 is 10.2 Å². The molecule has 6 nitrogen and oxygen atoms in total. The number of aromatic nitrogens is 1. The minimum atomic E-state index is -0.266. The second-order valence-electron chi connectivity index (χ2n) is 7.79. The van der Waals surface area contributed by atoms with Gasteiger partial charge in [0.25, 0.3) is 5.91 Å². The molecule has 4 aliphatic rings. The topological polar surface area (TPSA) is 68.7 Å². The van der Waals surface area contributed by atoms with Gasteiger partial charge in [0.15, 0.2) is 0 Å². The second kappa shape index (κ2) is 6.48. The lowest BCUT2D eigenvalue weighted by Gasteiger charge is -2.44. The Balaban J connectivity index is 1.40. The molecule has 7 heteroatoms. The van der Waals surface area contributed by atoms with Gasteiger partial charge >= 0.3 is 0 Å². The minimum absolute atomic E-state index is 0.0476. The van der Waals surface area contributed by atoms with Gasteiger partial charge in [0.1, 0.15) is 5.69 Å². The average Bonchev–Trinajstić information content (AvgIpc) is 3.29. The van der Waals surface area contributed by atoms with Crippen molar-refractivity contribution in [2.75, 3.05) is 37.6 Å². The first kappa shape index (κ1) is 16.5. The van der Waals surface area contributed by atoms with E-state index in [1.165, 1.54) is 37.5 Å². The molecular formula is C19H24N4O2S. The van der Waals surface area contributed by atoms with Crippen LogP contribution in [0.5, 0.6) is 0 Å². The van der Waals surface area contributed by atoms with Gasteiger partial charge in [-0.2, -0.15) is 4.37 Å². The third kappa shape index (κ3) is 2.78. The monoisotopic (exact) mass is 372 g/mol. The zero-order valence-corrected chi connectivity index (χ0v) is 15.5. The number of amides is 1. The molecule has 5 heterocycles. The quantitative estimate of drug-likeness (QED) is 0.858. The molecule has 2 atom stereocenters. The van der Waals surface area contributed by atoms with Crippen molar-refractivity contribution in [3.05, 3.63) is 23.9 Å². The Morgan fingerprint density at radius 1 is 1.19 bits per heavy atom. The molecule has 0 aliphatic carbocycles. The van der Waals surface area contributed by atoms with E-state index < -0.39 is 0 Å². The first-order valence-electron chi connectivity index (χ1n) is 9.53. The van der Waals surface area contributed by atoms with Crippen molar-refractivity contribution in [1.29, 1.82) is 0 Å². The number of aliphatic hydroxyl groups excluding tert-OH is 1. The maximum Gasteiger partial charge on any atom is 0.271 e. The highest BCUT2D eigenvalue weighted by atomic mass is 32.1. The maximum atomic E-state index is 12.9. The lowest BCUT2D eigenvalue weighted by atomic mass is 9.84. The number of carbonyl (C=O) groups is 1. The van der Waals surface area contributed by atoms with Gasteiger partial charge in [0.2, 0.25) is 0 Å². The summed E-state index contributed by atoms with van der Waals surface area (Å²) in [6.45, 7) is 4.80.